The standard InChI is InChI=1S/C9H13NO2.C2H6/c1-8-3-4-10(5-6-12-2)9(11)7-8;1-2/h3-4,7H,5-6H2,1-2H3;1-2H3. The lowest BCUT2D eigenvalue weighted by Crippen LogP contribution is -2.20. The maximum Gasteiger partial charge on any atom is 0.250 e. The van der Waals surface area contributed by atoms with E-state index in [0.29, 0.717) is 13.2 Å². The van der Waals surface area contributed by atoms with Gasteiger partial charge in [0.25, 0.3) is 5.56 Å². The molecule has 0 amide bonds. The van der Waals surface area contributed by atoms with Crippen LogP contribution in [0.15, 0.2) is 23.1 Å². The Morgan fingerprint density at radius 1 is 1.43 bits per heavy atom. The fourth-order valence-corrected chi connectivity index (χ4v) is 0.981. The van der Waals surface area contributed by atoms with Crippen LogP contribution in [0.3, 0.4) is 0 Å². The molecule has 0 aliphatic heterocycles. The van der Waals surface area contributed by atoms with E-state index in [2.05, 4.69) is 0 Å². The molecule has 0 saturated carbocycles. The third-order valence-corrected chi connectivity index (χ3v) is 1.69. The van der Waals surface area contributed by atoms with Crippen LogP contribution < -0.4 is 5.56 Å². The van der Waals surface area contributed by atoms with Gasteiger partial charge in [-0.3, -0.25) is 4.79 Å². The smallest absolute Gasteiger partial charge is 0.250 e. The van der Waals surface area contributed by atoms with Gasteiger partial charge in [-0.15, -0.1) is 0 Å². The predicted molar refractivity (Wildman–Crippen MR) is 58.7 cm³/mol. The number of hydrogen-bond acceptors (Lipinski definition) is 2. The highest BCUT2D eigenvalue weighted by atomic mass is 16.5. The van der Waals surface area contributed by atoms with Crippen LogP contribution in [-0.4, -0.2) is 18.3 Å². The largest absolute Gasteiger partial charge is 0.383 e. The fourth-order valence-electron chi connectivity index (χ4n) is 0.981. The van der Waals surface area contributed by atoms with Crippen molar-refractivity contribution in [2.75, 3.05) is 13.7 Å². The second kappa shape index (κ2) is 7.33. The van der Waals surface area contributed by atoms with E-state index in [-0.39, 0.29) is 5.56 Å². The van der Waals surface area contributed by atoms with Gasteiger partial charge in [-0.25, -0.2) is 0 Å². The van der Waals surface area contributed by atoms with Crippen LogP contribution in [-0.2, 0) is 11.3 Å². The van der Waals surface area contributed by atoms with E-state index < -0.39 is 0 Å². The number of ether oxygens (including phenoxy) is 1. The van der Waals surface area contributed by atoms with Crippen LogP contribution in [0.5, 0.6) is 0 Å². The Balaban J connectivity index is 0.000000791. The molecule has 3 nitrogen and oxygen atoms in total. The zero-order chi connectivity index (χ0) is 11.0. The van der Waals surface area contributed by atoms with Crippen molar-refractivity contribution in [3.63, 3.8) is 0 Å². The Morgan fingerprint density at radius 2 is 2.07 bits per heavy atom. The third-order valence-electron chi connectivity index (χ3n) is 1.69. The minimum absolute atomic E-state index is 0.0343. The molecule has 0 fully saturated rings. The number of nitrogens with zero attached hydrogens (tertiary/aromatic N) is 1. The molecule has 0 saturated heterocycles. The van der Waals surface area contributed by atoms with Crippen LogP contribution in [0.25, 0.3) is 0 Å². The first-order chi connectivity index (χ1) is 6.74. The van der Waals surface area contributed by atoms with Gasteiger partial charge in [0.1, 0.15) is 0 Å². The number of hydrogen-bond donors (Lipinski definition) is 0. The van der Waals surface area contributed by atoms with E-state index in [1.54, 1.807) is 23.9 Å². The summed E-state index contributed by atoms with van der Waals surface area (Å²) in [7, 11) is 1.62. The van der Waals surface area contributed by atoms with Gasteiger partial charge in [0.2, 0.25) is 0 Å². The zero-order valence-corrected chi connectivity index (χ0v) is 9.41. The summed E-state index contributed by atoms with van der Waals surface area (Å²) in [5.41, 5.74) is 1.03. The van der Waals surface area contributed by atoms with E-state index >= 15 is 0 Å². The molecule has 0 bridgehead atoms. The van der Waals surface area contributed by atoms with Crippen LogP contribution in [0.2, 0.25) is 0 Å². The van der Waals surface area contributed by atoms with E-state index in [4.69, 9.17) is 4.74 Å². The summed E-state index contributed by atoms with van der Waals surface area (Å²) in [5, 5.41) is 0. The first-order valence-electron chi connectivity index (χ1n) is 4.90. The SMILES string of the molecule is CC.COCCn1ccc(C)cc1=O. The molecule has 1 aromatic heterocycles. The first-order valence-corrected chi connectivity index (χ1v) is 4.90. The molecular weight excluding hydrogens is 178 g/mol. The highest BCUT2D eigenvalue weighted by Gasteiger charge is 1.93. The van der Waals surface area contributed by atoms with Gasteiger partial charge in [-0.2, -0.15) is 0 Å². The molecule has 0 radical (unpaired) electrons. The van der Waals surface area contributed by atoms with Crippen molar-refractivity contribution in [2.45, 2.75) is 27.3 Å². The molecule has 0 aromatic carbocycles. The van der Waals surface area contributed by atoms with Crippen LogP contribution in [0.1, 0.15) is 19.4 Å². The third kappa shape index (κ3) is 4.23. The number of aromatic nitrogens is 1. The molecule has 1 heterocycles. The summed E-state index contributed by atoms with van der Waals surface area (Å²) in [4.78, 5) is 11.3. The molecule has 0 aliphatic carbocycles. The van der Waals surface area contributed by atoms with Crippen LogP contribution in [0.4, 0.5) is 0 Å². The van der Waals surface area contributed by atoms with Crippen molar-refractivity contribution >= 4 is 0 Å². The molecule has 0 N–H and O–H groups in total. The summed E-state index contributed by atoms with van der Waals surface area (Å²) in [6.45, 7) is 7.10. The normalized spacial score (nSPS) is 9.14. The maximum absolute atomic E-state index is 11.3. The van der Waals surface area contributed by atoms with Gasteiger partial charge in [0, 0.05) is 25.9 Å². The summed E-state index contributed by atoms with van der Waals surface area (Å²) < 4.78 is 6.51. The van der Waals surface area contributed by atoms with Crippen molar-refractivity contribution in [3.8, 4) is 0 Å². The molecule has 80 valence electrons. The van der Waals surface area contributed by atoms with Crippen molar-refractivity contribution in [1.29, 1.82) is 0 Å². The summed E-state index contributed by atoms with van der Waals surface area (Å²) in [6.07, 6.45) is 1.79. The number of aryl methyl sites for hydroxylation is 1. The molecule has 1 rings (SSSR count). The second-order valence-corrected chi connectivity index (χ2v) is 2.73. The Bertz CT molecular complexity index is 304. The topological polar surface area (TPSA) is 31.2 Å². The van der Waals surface area contributed by atoms with Crippen LogP contribution >= 0.6 is 0 Å². The lowest BCUT2D eigenvalue weighted by atomic mass is 10.3. The van der Waals surface area contributed by atoms with Gasteiger partial charge < -0.3 is 9.30 Å². The van der Waals surface area contributed by atoms with E-state index in [1.807, 2.05) is 26.8 Å². The van der Waals surface area contributed by atoms with Gasteiger partial charge in [0.15, 0.2) is 0 Å². The van der Waals surface area contributed by atoms with E-state index in [1.165, 1.54) is 0 Å². The molecule has 14 heavy (non-hydrogen) atoms. The fraction of sp³-hybridized carbons (Fsp3) is 0.545. The van der Waals surface area contributed by atoms with E-state index in [9.17, 15) is 4.79 Å². The van der Waals surface area contributed by atoms with Gasteiger partial charge in [-0.05, 0) is 18.6 Å². The highest BCUT2D eigenvalue weighted by Crippen LogP contribution is 1.90. The zero-order valence-electron chi connectivity index (χ0n) is 9.41. The second-order valence-electron chi connectivity index (χ2n) is 2.73. The molecule has 3 heteroatoms. The Labute approximate surface area is 85.3 Å². The summed E-state index contributed by atoms with van der Waals surface area (Å²) >= 11 is 0. The molecule has 0 spiro atoms. The average molecular weight is 197 g/mol. The van der Waals surface area contributed by atoms with Crippen molar-refractivity contribution in [1.82, 2.24) is 4.57 Å². The number of rotatable bonds is 3. The van der Waals surface area contributed by atoms with Gasteiger partial charge >= 0.3 is 0 Å². The van der Waals surface area contributed by atoms with Crippen LogP contribution in [0, 0.1) is 6.92 Å². The predicted octanol–water partition coefficient (Wildman–Crippen LogP) is 1.83. The summed E-state index contributed by atoms with van der Waals surface area (Å²) in [6, 6.07) is 3.53. The molecule has 0 unspecified atom stereocenters. The van der Waals surface area contributed by atoms with Gasteiger partial charge in [0.05, 0.1) is 6.61 Å². The Kier molecular flexibility index (Phi) is 6.76. The lowest BCUT2D eigenvalue weighted by molar-refractivity contribution is 0.186. The molecule has 1 aromatic rings. The quantitative estimate of drug-likeness (QED) is 0.740. The van der Waals surface area contributed by atoms with Crippen molar-refractivity contribution in [3.05, 3.63) is 34.2 Å². The maximum atomic E-state index is 11.3. The summed E-state index contributed by atoms with van der Waals surface area (Å²) in [5.74, 6) is 0. The monoisotopic (exact) mass is 197 g/mol. The first kappa shape index (κ1) is 12.9. The minimum Gasteiger partial charge on any atom is -0.383 e. The van der Waals surface area contributed by atoms with Crippen molar-refractivity contribution in [2.24, 2.45) is 0 Å². The minimum atomic E-state index is 0.0343. The van der Waals surface area contributed by atoms with E-state index in [0.717, 1.165) is 5.56 Å². The highest BCUT2D eigenvalue weighted by molar-refractivity contribution is 5.07. The Hall–Kier alpha value is -1.09. The number of methoxy groups -OCH3 is 1. The Morgan fingerprint density at radius 3 is 2.57 bits per heavy atom. The molecular formula is C11H19NO2. The lowest BCUT2D eigenvalue weighted by Gasteiger charge is -2.03. The molecule has 0 aliphatic rings. The van der Waals surface area contributed by atoms with Gasteiger partial charge in [-0.1, -0.05) is 13.8 Å². The molecule has 0 atom stereocenters. The average Bonchev–Trinajstić information content (AvgIpc) is 2.20. The number of pyridine rings is 1. The van der Waals surface area contributed by atoms with Crippen molar-refractivity contribution < 1.29 is 4.74 Å².